The number of piperazine rings is 1. The summed E-state index contributed by atoms with van der Waals surface area (Å²) in [6.45, 7) is 9.33. The molecule has 2 fully saturated rings. The zero-order valence-corrected chi connectivity index (χ0v) is 14.3. The van der Waals surface area contributed by atoms with Gasteiger partial charge in [0.1, 0.15) is 5.82 Å². The maximum absolute atomic E-state index is 12.3. The van der Waals surface area contributed by atoms with Crippen LogP contribution in [0.3, 0.4) is 0 Å². The van der Waals surface area contributed by atoms with Crippen LogP contribution in [0.25, 0.3) is 0 Å². The number of carbonyl (C=O) groups excluding carboxylic acids is 1. The summed E-state index contributed by atoms with van der Waals surface area (Å²) in [7, 11) is 0. The van der Waals surface area contributed by atoms with Crippen LogP contribution >= 0.6 is 0 Å². The van der Waals surface area contributed by atoms with Crippen LogP contribution in [0.1, 0.15) is 33.1 Å². The SMILES string of the molecule is CCC1(CC)CC(CN2CCN(c3ccccn3)CC2)NC1=O. The molecule has 2 aliphatic heterocycles. The molecule has 1 atom stereocenters. The molecule has 0 radical (unpaired) electrons. The van der Waals surface area contributed by atoms with E-state index >= 15 is 0 Å². The topological polar surface area (TPSA) is 48.5 Å². The average molecular weight is 316 g/mol. The zero-order chi connectivity index (χ0) is 16.3. The maximum atomic E-state index is 12.3. The summed E-state index contributed by atoms with van der Waals surface area (Å²) < 4.78 is 0. The average Bonchev–Trinajstić information content (AvgIpc) is 2.92. The van der Waals surface area contributed by atoms with Crippen molar-refractivity contribution < 1.29 is 4.79 Å². The van der Waals surface area contributed by atoms with Crippen molar-refractivity contribution in [2.45, 2.75) is 39.2 Å². The number of amides is 1. The Balaban J connectivity index is 1.51. The highest BCUT2D eigenvalue weighted by molar-refractivity contribution is 5.85. The largest absolute Gasteiger partial charge is 0.354 e. The first-order chi connectivity index (χ1) is 11.2. The quantitative estimate of drug-likeness (QED) is 0.901. The molecular weight excluding hydrogens is 288 g/mol. The summed E-state index contributed by atoms with van der Waals surface area (Å²) in [5.41, 5.74) is -0.125. The Morgan fingerprint density at radius 3 is 2.52 bits per heavy atom. The number of anilines is 1. The van der Waals surface area contributed by atoms with Crippen molar-refractivity contribution in [2.75, 3.05) is 37.6 Å². The van der Waals surface area contributed by atoms with E-state index in [4.69, 9.17) is 0 Å². The Hall–Kier alpha value is -1.62. The second-order valence-corrected chi connectivity index (χ2v) is 6.84. The van der Waals surface area contributed by atoms with Gasteiger partial charge in [-0.3, -0.25) is 9.69 Å². The lowest BCUT2D eigenvalue weighted by Gasteiger charge is -2.36. The third kappa shape index (κ3) is 3.34. The molecule has 23 heavy (non-hydrogen) atoms. The number of nitrogens with zero attached hydrogens (tertiary/aromatic N) is 3. The lowest BCUT2D eigenvalue weighted by Crippen LogP contribution is -2.50. The van der Waals surface area contributed by atoms with E-state index in [1.165, 1.54) is 0 Å². The Bertz CT molecular complexity index is 521. The minimum Gasteiger partial charge on any atom is -0.354 e. The van der Waals surface area contributed by atoms with Crippen LogP contribution in [0.5, 0.6) is 0 Å². The van der Waals surface area contributed by atoms with Crippen molar-refractivity contribution in [3.63, 3.8) is 0 Å². The zero-order valence-electron chi connectivity index (χ0n) is 14.3. The molecule has 1 amide bonds. The first kappa shape index (κ1) is 16.2. The predicted molar refractivity (Wildman–Crippen MR) is 92.5 cm³/mol. The van der Waals surface area contributed by atoms with Gasteiger partial charge in [0.25, 0.3) is 0 Å². The van der Waals surface area contributed by atoms with E-state index < -0.39 is 0 Å². The van der Waals surface area contributed by atoms with E-state index in [0.29, 0.717) is 6.04 Å². The second-order valence-electron chi connectivity index (χ2n) is 6.84. The Kier molecular flexibility index (Phi) is 4.85. The molecule has 0 aromatic carbocycles. The fourth-order valence-corrected chi connectivity index (χ4v) is 3.94. The lowest BCUT2D eigenvalue weighted by molar-refractivity contribution is -0.128. The van der Waals surface area contributed by atoms with Crippen LogP contribution < -0.4 is 10.2 Å². The highest BCUT2D eigenvalue weighted by atomic mass is 16.2. The van der Waals surface area contributed by atoms with Gasteiger partial charge in [0.15, 0.2) is 0 Å². The smallest absolute Gasteiger partial charge is 0.226 e. The highest BCUT2D eigenvalue weighted by Gasteiger charge is 2.44. The van der Waals surface area contributed by atoms with E-state index in [0.717, 1.165) is 57.8 Å². The molecule has 3 heterocycles. The number of carbonyl (C=O) groups is 1. The number of hydrogen-bond donors (Lipinski definition) is 1. The van der Waals surface area contributed by atoms with Crippen molar-refractivity contribution in [3.05, 3.63) is 24.4 Å². The molecule has 1 N–H and O–H groups in total. The van der Waals surface area contributed by atoms with Crippen molar-refractivity contribution in [1.29, 1.82) is 0 Å². The molecule has 0 bridgehead atoms. The molecule has 2 saturated heterocycles. The second kappa shape index (κ2) is 6.87. The Labute approximate surface area is 139 Å². The summed E-state index contributed by atoms with van der Waals surface area (Å²) in [6.07, 6.45) is 4.72. The van der Waals surface area contributed by atoms with Crippen molar-refractivity contribution in [3.8, 4) is 0 Å². The Morgan fingerprint density at radius 1 is 1.22 bits per heavy atom. The number of nitrogens with one attached hydrogen (secondary N) is 1. The predicted octanol–water partition coefficient (Wildman–Crippen LogP) is 1.90. The van der Waals surface area contributed by atoms with Gasteiger partial charge in [-0.05, 0) is 31.4 Å². The molecule has 5 heteroatoms. The van der Waals surface area contributed by atoms with Crippen LogP contribution in [0.2, 0.25) is 0 Å². The summed E-state index contributed by atoms with van der Waals surface area (Å²) in [4.78, 5) is 21.6. The summed E-state index contributed by atoms with van der Waals surface area (Å²) in [5, 5.41) is 3.23. The third-order valence-corrected chi connectivity index (χ3v) is 5.63. The molecule has 0 saturated carbocycles. The first-order valence-electron chi connectivity index (χ1n) is 8.86. The van der Waals surface area contributed by atoms with Crippen LogP contribution in [0, 0.1) is 5.41 Å². The third-order valence-electron chi connectivity index (χ3n) is 5.63. The summed E-state index contributed by atoms with van der Waals surface area (Å²) >= 11 is 0. The molecule has 5 nitrogen and oxygen atoms in total. The molecule has 1 aromatic rings. The van der Waals surface area contributed by atoms with Gasteiger partial charge in [-0.15, -0.1) is 0 Å². The van der Waals surface area contributed by atoms with Crippen LogP contribution in [-0.4, -0.2) is 54.6 Å². The number of aromatic nitrogens is 1. The summed E-state index contributed by atoms with van der Waals surface area (Å²) in [6, 6.07) is 6.38. The molecule has 1 unspecified atom stereocenters. The van der Waals surface area contributed by atoms with Crippen LogP contribution in [0.15, 0.2) is 24.4 Å². The van der Waals surface area contributed by atoms with Crippen LogP contribution in [-0.2, 0) is 4.79 Å². The molecule has 0 spiro atoms. The standard InChI is InChI=1S/C18H28N4O/c1-3-18(4-2)13-15(20-17(18)23)14-21-9-11-22(12-10-21)16-7-5-6-8-19-16/h5-8,15H,3-4,9-14H2,1-2H3,(H,20,23). The van der Waals surface area contributed by atoms with E-state index in [1.807, 2.05) is 18.3 Å². The maximum Gasteiger partial charge on any atom is 0.226 e. The van der Waals surface area contributed by atoms with Gasteiger partial charge in [0, 0.05) is 45.0 Å². The van der Waals surface area contributed by atoms with Gasteiger partial charge >= 0.3 is 0 Å². The molecule has 2 aliphatic rings. The van der Waals surface area contributed by atoms with Crippen molar-refractivity contribution in [1.82, 2.24) is 15.2 Å². The highest BCUT2D eigenvalue weighted by Crippen LogP contribution is 2.37. The Morgan fingerprint density at radius 2 is 1.96 bits per heavy atom. The number of rotatable bonds is 5. The number of pyridine rings is 1. The van der Waals surface area contributed by atoms with E-state index in [1.54, 1.807) is 0 Å². The van der Waals surface area contributed by atoms with E-state index in [9.17, 15) is 4.79 Å². The normalized spacial score (nSPS) is 24.7. The molecule has 126 valence electrons. The molecule has 1 aromatic heterocycles. The van der Waals surface area contributed by atoms with Gasteiger partial charge in [-0.25, -0.2) is 4.98 Å². The molecule has 0 aliphatic carbocycles. The van der Waals surface area contributed by atoms with Gasteiger partial charge in [0.2, 0.25) is 5.91 Å². The van der Waals surface area contributed by atoms with Gasteiger partial charge in [-0.2, -0.15) is 0 Å². The number of hydrogen-bond acceptors (Lipinski definition) is 4. The fraction of sp³-hybridized carbons (Fsp3) is 0.667. The summed E-state index contributed by atoms with van der Waals surface area (Å²) in [5.74, 6) is 1.33. The minimum absolute atomic E-state index is 0.125. The van der Waals surface area contributed by atoms with Crippen LogP contribution in [0.4, 0.5) is 5.82 Å². The fourth-order valence-electron chi connectivity index (χ4n) is 3.94. The van der Waals surface area contributed by atoms with Crippen molar-refractivity contribution >= 4 is 11.7 Å². The first-order valence-corrected chi connectivity index (χ1v) is 8.86. The van der Waals surface area contributed by atoms with Crippen molar-refractivity contribution in [2.24, 2.45) is 5.41 Å². The lowest BCUT2D eigenvalue weighted by atomic mass is 9.79. The van der Waals surface area contributed by atoms with E-state index in [2.05, 4.69) is 40.0 Å². The van der Waals surface area contributed by atoms with Gasteiger partial charge in [0.05, 0.1) is 5.41 Å². The molecule has 3 rings (SSSR count). The van der Waals surface area contributed by atoms with E-state index in [-0.39, 0.29) is 11.3 Å². The van der Waals surface area contributed by atoms with Gasteiger partial charge in [-0.1, -0.05) is 19.9 Å². The van der Waals surface area contributed by atoms with Gasteiger partial charge < -0.3 is 10.2 Å². The minimum atomic E-state index is -0.125. The molecular formula is C18H28N4O. The monoisotopic (exact) mass is 316 g/mol.